The number of oxazole rings is 1. The maximum absolute atomic E-state index is 13.9. The van der Waals surface area contributed by atoms with E-state index in [0.717, 1.165) is 5.56 Å². The Hall–Kier alpha value is -3.84. The van der Waals surface area contributed by atoms with Crippen molar-refractivity contribution in [2.75, 3.05) is 31.3 Å². The highest BCUT2D eigenvalue weighted by molar-refractivity contribution is 5.79. The van der Waals surface area contributed by atoms with Gasteiger partial charge >= 0.3 is 0 Å². The van der Waals surface area contributed by atoms with E-state index in [0.29, 0.717) is 68.5 Å². The second-order valence-electron chi connectivity index (χ2n) is 8.23. The van der Waals surface area contributed by atoms with Gasteiger partial charge < -0.3 is 28.5 Å². The normalized spacial score (nSPS) is 15.9. The van der Waals surface area contributed by atoms with E-state index in [1.54, 1.807) is 12.1 Å². The van der Waals surface area contributed by atoms with Crippen LogP contribution < -0.4 is 15.0 Å². The summed E-state index contributed by atoms with van der Waals surface area (Å²) in [5, 5.41) is 12.4. The molecule has 9 nitrogen and oxygen atoms in total. The van der Waals surface area contributed by atoms with E-state index in [2.05, 4.69) is 16.4 Å². The lowest BCUT2D eigenvalue weighted by Crippen LogP contribution is -2.41. The molecule has 1 N–H and O–H groups in total. The summed E-state index contributed by atoms with van der Waals surface area (Å²) in [6.45, 7) is 1.95. The first-order valence-electron chi connectivity index (χ1n) is 11.1. The molecule has 1 aromatic carbocycles. The van der Waals surface area contributed by atoms with Crippen molar-refractivity contribution >= 4 is 11.8 Å². The zero-order valence-corrected chi connectivity index (χ0v) is 18.4. The summed E-state index contributed by atoms with van der Waals surface area (Å²) < 4.78 is 35.7. The van der Waals surface area contributed by atoms with E-state index >= 15 is 0 Å². The van der Waals surface area contributed by atoms with Gasteiger partial charge in [-0.25, -0.2) is 4.39 Å². The highest BCUT2D eigenvalue weighted by Gasteiger charge is 2.29. The van der Waals surface area contributed by atoms with Crippen molar-refractivity contribution < 1.29 is 27.5 Å². The van der Waals surface area contributed by atoms with Crippen LogP contribution >= 0.6 is 0 Å². The lowest BCUT2D eigenvalue weighted by molar-refractivity contribution is -0.125. The first-order valence-corrected chi connectivity index (χ1v) is 11.1. The van der Waals surface area contributed by atoms with E-state index in [4.69, 9.17) is 18.3 Å². The number of benzene rings is 1. The Kier molecular flexibility index (Phi) is 6.18. The Morgan fingerprint density at radius 1 is 1.32 bits per heavy atom. The van der Waals surface area contributed by atoms with Gasteiger partial charge in [0.15, 0.2) is 12.6 Å². The number of hydrogen-bond acceptors (Lipinski definition) is 8. The Morgan fingerprint density at radius 2 is 2.18 bits per heavy atom. The number of fused-ring (bicyclic) bond motifs is 1. The summed E-state index contributed by atoms with van der Waals surface area (Å²) in [5.41, 5.74) is 1.59. The minimum atomic E-state index is -0.346. The number of nitriles is 1. The average molecular weight is 466 g/mol. The van der Waals surface area contributed by atoms with E-state index < -0.39 is 0 Å². The monoisotopic (exact) mass is 466 g/mol. The first kappa shape index (κ1) is 22.0. The van der Waals surface area contributed by atoms with Crippen molar-refractivity contribution in [1.29, 1.82) is 5.26 Å². The van der Waals surface area contributed by atoms with E-state index in [9.17, 15) is 14.4 Å². The smallest absolute Gasteiger partial charge is 0.266 e. The molecule has 0 radical (unpaired) electrons. The van der Waals surface area contributed by atoms with Crippen LogP contribution in [0.5, 0.6) is 5.75 Å². The van der Waals surface area contributed by atoms with Crippen molar-refractivity contribution in [3.8, 4) is 23.5 Å². The summed E-state index contributed by atoms with van der Waals surface area (Å²) in [5.74, 6) is 1.21. The molecule has 4 heterocycles. The molecule has 2 aliphatic rings. The number of furan rings is 1. The van der Waals surface area contributed by atoms with Gasteiger partial charge in [0.2, 0.25) is 17.5 Å². The fourth-order valence-corrected chi connectivity index (χ4v) is 4.36. The second kappa shape index (κ2) is 9.57. The van der Waals surface area contributed by atoms with Gasteiger partial charge in [0.05, 0.1) is 12.9 Å². The predicted octanol–water partition coefficient (Wildman–Crippen LogP) is 3.39. The molecule has 34 heavy (non-hydrogen) atoms. The molecule has 0 bridgehead atoms. The number of piperidine rings is 1. The quantitative estimate of drug-likeness (QED) is 0.588. The standard InChI is InChI=1S/C24H23FN4O5/c25-18-10-16(21-17(11-18)13-31-14-33-21)3-6-27-22(30)15-4-7-29(8-5-15)24-19(12-26)28-23(34-24)20-2-1-9-32-20/h1-2,9-11,15H,3-8,13-14H2,(H,27,30). The highest BCUT2D eigenvalue weighted by Crippen LogP contribution is 2.32. The molecular formula is C24H23FN4O5. The van der Waals surface area contributed by atoms with Crippen molar-refractivity contribution in [2.24, 2.45) is 5.92 Å². The molecule has 0 atom stereocenters. The van der Waals surface area contributed by atoms with Crippen LogP contribution in [-0.2, 0) is 22.6 Å². The number of hydrogen-bond donors (Lipinski definition) is 1. The van der Waals surface area contributed by atoms with Gasteiger partial charge in [0, 0.05) is 31.1 Å². The van der Waals surface area contributed by atoms with E-state index in [1.807, 2.05) is 4.90 Å². The van der Waals surface area contributed by atoms with Crippen LogP contribution in [0, 0.1) is 23.1 Å². The Labute approximate surface area is 195 Å². The molecule has 0 aliphatic carbocycles. The molecule has 3 aromatic rings. The molecule has 10 heteroatoms. The van der Waals surface area contributed by atoms with Crippen LogP contribution in [0.15, 0.2) is 39.4 Å². The summed E-state index contributed by atoms with van der Waals surface area (Å²) >= 11 is 0. The Balaban J connectivity index is 1.15. The van der Waals surface area contributed by atoms with Gasteiger partial charge in [0.25, 0.3) is 5.89 Å². The zero-order chi connectivity index (χ0) is 23.5. The van der Waals surface area contributed by atoms with E-state index in [1.165, 1.54) is 18.4 Å². The molecule has 0 spiro atoms. The van der Waals surface area contributed by atoms with Gasteiger partial charge in [-0.05, 0) is 49.1 Å². The number of carbonyl (C=O) groups excluding carboxylic acids is 1. The van der Waals surface area contributed by atoms with Crippen LogP contribution in [0.25, 0.3) is 11.7 Å². The lowest BCUT2D eigenvalue weighted by atomic mass is 9.95. The summed E-state index contributed by atoms with van der Waals surface area (Å²) in [6, 6.07) is 8.35. The fraction of sp³-hybridized carbons (Fsp3) is 0.375. The van der Waals surface area contributed by atoms with Crippen LogP contribution in [0.4, 0.5) is 10.3 Å². The molecule has 2 aromatic heterocycles. The van der Waals surface area contributed by atoms with Crippen LogP contribution in [0.1, 0.15) is 29.7 Å². The molecule has 2 aliphatic heterocycles. The van der Waals surface area contributed by atoms with Gasteiger partial charge in [-0.1, -0.05) is 0 Å². The molecule has 1 saturated heterocycles. The Morgan fingerprint density at radius 3 is 2.94 bits per heavy atom. The maximum atomic E-state index is 13.9. The third kappa shape index (κ3) is 4.47. The maximum Gasteiger partial charge on any atom is 0.266 e. The number of aromatic nitrogens is 1. The molecule has 1 amide bonds. The van der Waals surface area contributed by atoms with E-state index in [-0.39, 0.29) is 36.0 Å². The van der Waals surface area contributed by atoms with Crippen LogP contribution in [0.3, 0.4) is 0 Å². The topological polar surface area (TPSA) is 114 Å². The van der Waals surface area contributed by atoms with Crippen molar-refractivity contribution in [2.45, 2.75) is 25.9 Å². The summed E-state index contributed by atoms with van der Waals surface area (Å²) in [7, 11) is 0. The SMILES string of the molecule is N#Cc1nc(-c2ccco2)oc1N1CCC(C(=O)NCCc2cc(F)cc3c2OCOC3)CC1. The Bertz CT molecular complexity index is 1210. The average Bonchev–Trinajstić information content (AvgIpc) is 3.54. The number of rotatable bonds is 6. The molecule has 0 unspecified atom stereocenters. The van der Waals surface area contributed by atoms with Crippen molar-refractivity contribution in [3.63, 3.8) is 0 Å². The number of amides is 1. The van der Waals surface area contributed by atoms with Gasteiger partial charge in [-0.3, -0.25) is 4.79 Å². The number of halogens is 1. The van der Waals surface area contributed by atoms with Gasteiger partial charge in [-0.15, -0.1) is 0 Å². The third-order valence-corrected chi connectivity index (χ3v) is 6.05. The minimum absolute atomic E-state index is 0.0384. The molecule has 0 saturated carbocycles. The predicted molar refractivity (Wildman–Crippen MR) is 117 cm³/mol. The zero-order valence-electron chi connectivity index (χ0n) is 18.4. The first-order chi connectivity index (χ1) is 16.6. The largest absolute Gasteiger partial charge is 0.467 e. The fourth-order valence-electron chi connectivity index (χ4n) is 4.36. The van der Waals surface area contributed by atoms with Gasteiger partial charge in [0.1, 0.15) is 17.6 Å². The highest BCUT2D eigenvalue weighted by atomic mass is 19.1. The number of nitrogens with zero attached hydrogens (tertiary/aromatic N) is 3. The molecule has 1 fully saturated rings. The van der Waals surface area contributed by atoms with Crippen LogP contribution in [0.2, 0.25) is 0 Å². The third-order valence-electron chi connectivity index (χ3n) is 6.05. The lowest BCUT2D eigenvalue weighted by Gasteiger charge is -2.31. The summed E-state index contributed by atoms with van der Waals surface area (Å²) in [6.07, 6.45) is 3.20. The van der Waals surface area contributed by atoms with Crippen molar-refractivity contribution in [1.82, 2.24) is 10.3 Å². The molecule has 176 valence electrons. The summed E-state index contributed by atoms with van der Waals surface area (Å²) in [4.78, 5) is 18.9. The molecule has 5 rings (SSSR count). The second-order valence-corrected chi connectivity index (χ2v) is 8.23. The minimum Gasteiger partial charge on any atom is -0.467 e. The number of nitrogens with one attached hydrogen (secondary N) is 1. The molecular weight excluding hydrogens is 443 g/mol. The number of anilines is 1. The van der Waals surface area contributed by atoms with Crippen molar-refractivity contribution in [3.05, 3.63) is 53.2 Å². The number of carbonyl (C=O) groups is 1. The number of ether oxygens (including phenoxy) is 2. The van der Waals surface area contributed by atoms with Crippen LogP contribution in [-0.4, -0.2) is 37.3 Å². The van der Waals surface area contributed by atoms with Gasteiger partial charge in [-0.2, -0.15) is 10.2 Å².